The third-order valence-electron chi connectivity index (χ3n) is 4.15. The van der Waals surface area contributed by atoms with Crippen molar-refractivity contribution in [3.05, 3.63) is 40.2 Å². The van der Waals surface area contributed by atoms with E-state index in [0.29, 0.717) is 6.54 Å². The highest BCUT2D eigenvalue weighted by atomic mass is 35.5. The van der Waals surface area contributed by atoms with Crippen LogP contribution in [0.1, 0.15) is 29.1 Å². The molecule has 1 aromatic carbocycles. The van der Waals surface area contributed by atoms with Crippen LogP contribution in [-0.4, -0.2) is 30.0 Å². The van der Waals surface area contributed by atoms with Gasteiger partial charge < -0.3 is 10.6 Å². The van der Waals surface area contributed by atoms with Gasteiger partial charge >= 0.3 is 0 Å². The predicted octanol–water partition coefficient (Wildman–Crippen LogP) is 3.76. The van der Waals surface area contributed by atoms with Crippen molar-refractivity contribution < 1.29 is 4.79 Å². The van der Waals surface area contributed by atoms with Crippen molar-refractivity contribution in [3.63, 3.8) is 0 Å². The fourth-order valence-electron chi connectivity index (χ4n) is 2.91. The number of halogens is 2. The van der Waals surface area contributed by atoms with Gasteiger partial charge in [0.05, 0.1) is 16.7 Å². The molecule has 0 radical (unpaired) electrons. The molecule has 7 heteroatoms. The number of hydrogen-bond donors (Lipinski definition) is 2. The van der Waals surface area contributed by atoms with E-state index in [4.69, 9.17) is 4.98 Å². The molecule has 2 N–H and O–H groups in total. The zero-order valence-electron chi connectivity index (χ0n) is 14.3. The first-order chi connectivity index (χ1) is 11.2. The summed E-state index contributed by atoms with van der Waals surface area (Å²) in [6.45, 7) is 3.70. The highest BCUT2D eigenvalue weighted by molar-refractivity contribution is 7.12. The van der Waals surface area contributed by atoms with Crippen LogP contribution >= 0.6 is 36.2 Å². The van der Waals surface area contributed by atoms with E-state index in [-0.39, 0.29) is 36.8 Å². The molecule has 2 heterocycles. The van der Waals surface area contributed by atoms with Crippen LogP contribution < -0.4 is 10.6 Å². The minimum Gasteiger partial charge on any atom is -0.354 e. The van der Waals surface area contributed by atoms with Crippen LogP contribution in [0.15, 0.2) is 30.3 Å². The molecule has 2 aromatic rings. The third-order valence-corrected chi connectivity index (χ3v) is 5.18. The second-order valence-corrected chi connectivity index (χ2v) is 7.21. The number of hydrogen-bond acceptors (Lipinski definition) is 4. The van der Waals surface area contributed by atoms with Gasteiger partial charge in [-0.25, -0.2) is 4.98 Å². The van der Waals surface area contributed by atoms with E-state index in [2.05, 4.69) is 29.7 Å². The summed E-state index contributed by atoms with van der Waals surface area (Å²) in [5.74, 6) is 0.126. The Kier molecular flexibility index (Phi) is 9.43. The van der Waals surface area contributed by atoms with Gasteiger partial charge in [-0.2, -0.15) is 0 Å². The van der Waals surface area contributed by atoms with Crippen molar-refractivity contribution >= 4 is 42.1 Å². The lowest BCUT2D eigenvalue weighted by atomic mass is 10.0. The molecular formula is C18H25Cl2N3OS. The molecule has 25 heavy (non-hydrogen) atoms. The molecule has 1 atom stereocenters. The molecule has 0 bridgehead atoms. The average Bonchev–Trinajstić information content (AvgIpc) is 2.97. The second kappa shape index (κ2) is 10.8. The number of benzene rings is 1. The molecule has 0 aliphatic carbocycles. The molecule has 0 unspecified atom stereocenters. The van der Waals surface area contributed by atoms with E-state index in [1.165, 1.54) is 11.3 Å². The Labute approximate surface area is 165 Å². The largest absolute Gasteiger partial charge is 0.354 e. The average molecular weight is 402 g/mol. The number of carbonyl (C=O) groups is 1. The van der Waals surface area contributed by atoms with Crippen LogP contribution in [0, 0.1) is 6.92 Å². The van der Waals surface area contributed by atoms with Gasteiger partial charge in [0.25, 0.3) is 0 Å². The maximum absolute atomic E-state index is 12.1. The highest BCUT2D eigenvalue weighted by Gasteiger charge is 2.20. The summed E-state index contributed by atoms with van der Waals surface area (Å²) in [6.07, 6.45) is 4.04. The number of carbonyl (C=O) groups excluding carboxylic acids is 1. The van der Waals surface area contributed by atoms with Crippen molar-refractivity contribution in [2.24, 2.45) is 0 Å². The van der Waals surface area contributed by atoms with E-state index in [1.54, 1.807) is 11.3 Å². The van der Waals surface area contributed by atoms with Gasteiger partial charge in [-0.05, 0) is 26.3 Å². The summed E-state index contributed by atoms with van der Waals surface area (Å²) in [4.78, 5) is 18.1. The Morgan fingerprint density at radius 2 is 2.04 bits per heavy atom. The minimum absolute atomic E-state index is 0. The summed E-state index contributed by atoms with van der Waals surface area (Å²) in [5, 5.41) is 7.39. The van der Waals surface area contributed by atoms with E-state index in [1.807, 2.05) is 18.2 Å². The molecule has 1 amide bonds. The van der Waals surface area contributed by atoms with Crippen LogP contribution in [0.3, 0.4) is 0 Å². The van der Waals surface area contributed by atoms with Crippen molar-refractivity contribution in [2.45, 2.75) is 38.6 Å². The molecule has 4 nitrogen and oxygen atoms in total. The lowest BCUT2D eigenvalue weighted by Crippen LogP contribution is -2.47. The minimum atomic E-state index is -0.0124. The highest BCUT2D eigenvalue weighted by Crippen LogP contribution is 2.27. The molecule has 0 saturated carbocycles. The molecule has 1 aromatic heterocycles. The maximum Gasteiger partial charge on any atom is 0.237 e. The normalized spacial score (nSPS) is 16.4. The molecular weight excluding hydrogens is 377 g/mol. The number of piperidine rings is 1. The summed E-state index contributed by atoms with van der Waals surface area (Å²) in [5.41, 5.74) is 2.22. The van der Waals surface area contributed by atoms with E-state index in [0.717, 1.165) is 42.1 Å². The van der Waals surface area contributed by atoms with Crippen molar-refractivity contribution in [1.29, 1.82) is 0 Å². The van der Waals surface area contributed by atoms with Gasteiger partial charge in [-0.15, -0.1) is 36.2 Å². The van der Waals surface area contributed by atoms with Crippen LogP contribution in [0.2, 0.25) is 0 Å². The Morgan fingerprint density at radius 3 is 2.72 bits per heavy atom. The van der Waals surface area contributed by atoms with Gasteiger partial charge in [0, 0.05) is 23.4 Å². The summed E-state index contributed by atoms with van der Waals surface area (Å²) in [7, 11) is 0. The Hall–Kier alpha value is -1.14. The summed E-state index contributed by atoms with van der Waals surface area (Å²) >= 11 is 1.72. The van der Waals surface area contributed by atoms with Gasteiger partial charge in [-0.3, -0.25) is 4.79 Å². The van der Waals surface area contributed by atoms with Crippen LogP contribution in [0.25, 0.3) is 11.3 Å². The quantitative estimate of drug-likeness (QED) is 0.801. The fourth-order valence-corrected chi connectivity index (χ4v) is 3.87. The van der Waals surface area contributed by atoms with E-state index >= 15 is 0 Å². The lowest BCUT2D eigenvalue weighted by molar-refractivity contribution is -0.123. The molecule has 1 aliphatic heterocycles. The number of aryl methyl sites for hydroxylation is 1. The Morgan fingerprint density at radius 1 is 1.28 bits per heavy atom. The SMILES string of the molecule is Cc1sc(CCNC(=O)[C@H]2CCCCN2)nc1-c1ccccc1.Cl.Cl. The van der Waals surface area contributed by atoms with Crippen molar-refractivity contribution in [1.82, 2.24) is 15.6 Å². The second-order valence-electron chi connectivity index (χ2n) is 5.92. The predicted molar refractivity (Wildman–Crippen MR) is 109 cm³/mol. The third kappa shape index (κ3) is 5.96. The zero-order chi connectivity index (χ0) is 16.1. The lowest BCUT2D eigenvalue weighted by Gasteiger charge is -2.22. The van der Waals surface area contributed by atoms with E-state index < -0.39 is 0 Å². The van der Waals surface area contributed by atoms with Crippen molar-refractivity contribution in [3.8, 4) is 11.3 Å². The van der Waals surface area contributed by atoms with Gasteiger partial charge in [0.1, 0.15) is 0 Å². The smallest absolute Gasteiger partial charge is 0.237 e. The molecule has 3 rings (SSSR count). The number of nitrogens with one attached hydrogen (secondary N) is 2. The number of amides is 1. The number of rotatable bonds is 5. The van der Waals surface area contributed by atoms with E-state index in [9.17, 15) is 4.79 Å². The zero-order valence-corrected chi connectivity index (χ0v) is 16.7. The Bertz CT molecular complexity index is 658. The van der Waals surface area contributed by atoms with Gasteiger partial charge in [0.15, 0.2) is 0 Å². The van der Waals surface area contributed by atoms with Gasteiger partial charge in [0.2, 0.25) is 5.91 Å². The maximum atomic E-state index is 12.1. The van der Waals surface area contributed by atoms with Crippen LogP contribution in [0.4, 0.5) is 0 Å². The molecule has 138 valence electrons. The molecule has 0 spiro atoms. The van der Waals surface area contributed by atoms with Crippen LogP contribution in [0.5, 0.6) is 0 Å². The Balaban J connectivity index is 0.00000156. The molecule has 1 aliphatic rings. The van der Waals surface area contributed by atoms with Crippen molar-refractivity contribution in [2.75, 3.05) is 13.1 Å². The monoisotopic (exact) mass is 401 g/mol. The molecule has 1 fully saturated rings. The number of thiazole rings is 1. The summed E-state index contributed by atoms with van der Waals surface area (Å²) in [6, 6.07) is 10.2. The first-order valence-corrected chi connectivity index (χ1v) is 9.08. The summed E-state index contributed by atoms with van der Waals surface area (Å²) < 4.78 is 0. The number of aromatic nitrogens is 1. The first kappa shape index (κ1) is 21.9. The standard InChI is InChI=1S/C18H23N3OS.2ClH/c1-13-17(14-7-3-2-4-8-14)21-16(23-13)10-12-20-18(22)15-9-5-6-11-19-15;;/h2-4,7-8,15,19H,5-6,9-12H2,1H3,(H,20,22);2*1H/t15-;;/m1../s1. The van der Waals surface area contributed by atoms with Gasteiger partial charge in [-0.1, -0.05) is 36.8 Å². The fraction of sp³-hybridized carbons (Fsp3) is 0.444. The topological polar surface area (TPSA) is 54.0 Å². The van der Waals surface area contributed by atoms with Crippen LogP contribution in [-0.2, 0) is 11.2 Å². The first-order valence-electron chi connectivity index (χ1n) is 8.27. The molecule has 1 saturated heterocycles. The number of nitrogens with zero attached hydrogens (tertiary/aromatic N) is 1.